The van der Waals surface area contributed by atoms with Crippen molar-refractivity contribution in [2.24, 2.45) is 0 Å². The molecule has 0 amide bonds. The van der Waals surface area contributed by atoms with Gasteiger partial charge in [-0.2, -0.15) is 0 Å². The molecule has 4 rings (SSSR count). The van der Waals surface area contributed by atoms with E-state index in [1.165, 1.54) is 24.3 Å². The van der Waals surface area contributed by atoms with E-state index in [0.717, 1.165) is 16.7 Å². The molecule has 4 aromatic rings. The van der Waals surface area contributed by atoms with Gasteiger partial charge in [0.2, 0.25) is 0 Å². The van der Waals surface area contributed by atoms with E-state index < -0.39 is 0 Å². The molecule has 0 fully saturated rings. The second-order valence-electron chi connectivity index (χ2n) is 5.20. The summed E-state index contributed by atoms with van der Waals surface area (Å²) in [7, 11) is 0. The molecule has 0 aliphatic rings. The summed E-state index contributed by atoms with van der Waals surface area (Å²) in [6, 6.07) is 15.9. The molecule has 2 nitrogen and oxygen atoms in total. The van der Waals surface area contributed by atoms with Gasteiger partial charge >= 0.3 is 0 Å². The number of nitrogens with zero attached hydrogens (tertiary/aromatic N) is 1. The second-order valence-corrected chi connectivity index (χ2v) is 5.20. The normalized spacial score (nSPS) is 11.0. The van der Waals surface area contributed by atoms with Crippen molar-refractivity contribution in [1.29, 1.82) is 0 Å². The lowest BCUT2D eigenvalue weighted by Gasteiger charge is -2.02. The van der Waals surface area contributed by atoms with Crippen LogP contribution in [0.25, 0.3) is 33.6 Å². The fourth-order valence-corrected chi connectivity index (χ4v) is 2.55. The molecule has 0 unspecified atom stereocenters. The van der Waals surface area contributed by atoms with Crippen molar-refractivity contribution in [3.05, 3.63) is 78.5 Å². The fourth-order valence-electron chi connectivity index (χ4n) is 2.55. The number of halogens is 2. The lowest BCUT2D eigenvalue weighted by molar-refractivity contribution is 0.623. The highest BCUT2D eigenvalue weighted by Crippen LogP contribution is 2.33. The van der Waals surface area contributed by atoms with Gasteiger partial charge in [0, 0.05) is 23.4 Å². The standard InChI is InChI=1S/C19H11F2NO/c20-14-5-1-12(2-6-14)16-9-10-22-17-11-18(23-19(16)17)13-3-7-15(21)8-4-13/h1-11H. The summed E-state index contributed by atoms with van der Waals surface area (Å²) in [5, 5.41) is 0. The Balaban J connectivity index is 1.87. The van der Waals surface area contributed by atoms with Crippen molar-refractivity contribution < 1.29 is 13.2 Å². The Morgan fingerprint density at radius 2 is 1.35 bits per heavy atom. The van der Waals surface area contributed by atoms with Gasteiger partial charge in [0.25, 0.3) is 0 Å². The quantitative estimate of drug-likeness (QED) is 0.493. The summed E-state index contributed by atoms with van der Waals surface area (Å²) in [5.74, 6) is 0.0301. The minimum Gasteiger partial charge on any atom is -0.454 e. The molecular weight excluding hydrogens is 296 g/mol. The van der Waals surface area contributed by atoms with E-state index in [4.69, 9.17) is 4.42 Å². The van der Waals surface area contributed by atoms with E-state index in [1.54, 1.807) is 30.5 Å². The Morgan fingerprint density at radius 3 is 2.00 bits per heavy atom. The fraction of sp³-hybridized carbons (Fsp3) is 0. The second kappa shape index (κ2) is 5.32. The molecule has 112 valence electrons. The van der Waals surface area contributed by atoms with Gasteiger partial charge in [-0.3, -0.25) is 4.98 Å². The van der Waals surface area contributed by atoms with Crippen LogP contribution in [0.1, 0.15) is 0 Å². The average molecular weight is 307 g/mol. The van der Waals surface area contributed by atoms with E-state index in [0.29, 0.717) is 16.9 Å². The minimum absolute atomic E-state index is 0.287. The molecule has 0 radical (unpaired) electrons. The molecule has 23 heavy (non-hydrogen) atoms. The van der Waals surface area contributed by atoms with Gasteiger partial charge in [0.1, 0.15) is 22.9 Å². The van der Waals surface area contributed by atoms with Crippen LogP contribution in [0.4, 0.5) is 8.78 Å². The number of aromatic nitrogens is 1. The van der Waals surface area contributed by atoms with Crippen LogP contribution in [-0.2, 0) is 0 Å². The van der Waals surface area contributed by atoms with E-state index >= 15 is 0 Å². The third kappa shape index (κ3) is 2.48. The summed E-state index contributed by atoms with van der Waals surface area (Å²) in [4.78, 5) is 4.31. The molecule has 2 aromatic carbocycles. The average Bonchev–Trinajstić information content (AvgIpc) is 3.00. The zero-order valence-electron chi connectivity index (χ0n) is 12.0. The zero-order chi connectivity index (χ0) is 15.8. The summed E-state index contributed by atoms with van der Waals surface area (Å²) >= 11 is 0. The van der Waals surface area contributed by atoms with Gasteiger partial charge in [0.15, 0.2) is 5.58 Å². The van der Waals surface area contributed by atoms with E-state index in [-0.39, 0.29) is 11.6 Å². The largest absolute Gasteiger partial charge is 0.454 e. The van der Waals surface area contributed by atoms with Crippen molar-refractivity contribution in [3.8, 4) is 22.5 Å². The van der Waals surface area contributed by atoms with E-state index in [2.05, 4.69) is 4.98 Å². The predicted octanol–water partition coefficient (Wildman–Crippen LogP) is 5.44. The molecule has 0 saturated carbocycles. The molecule has 0 N–H and O–H groups in total. The number of fused-ring (bicyclic) bond motifs is 1. The highest BCUT2D eigenvalue weighted by atomic mass is 19.1. The minimum atomic E-state index is -0.296. The SMILES string of the molecule is Fc1ccc(-c2cc3nccc(-c4ccc(F)cc4)c3o2)cc1. The van der Waals surface area contributed by atoms with Gasteiger partial charge in [-0.15, -0.1) is 0 Å². The molecule has 2 heterocycles. The van der Waals surface area contributed by atoms with E-state index in [9.17, 15) is 8.78 Å². The van der Waals surface area contributed by atoms with Crippen LogP contribution >= 0.6 is 0 Å². The summed E-state index contributed by atoms with van der Waals surface area (Å²) in [6.07, 6.45) is 1.69. The topological polar surface area (TPSA) is 26.0 Å². The number of furan rings is 1. The monoisotopic (exact) mass is 307 g/mol. The molecular formula is C19H11F2NO. The van der Waals surface area contributed by atoms with Gasteiger partial charge in [-0.05, 0) is 48.0 Å². The summed E-state index contributed by atoms with van der Waals surface area (Å²) < 4.78 is 32.1. The van der Waals surface area contributed by atoms with Gasteiger partial charge in [0.05, 0.1) is 0 Å². The van der Waals surface area contributed by atoms with Crippen molar-refractivity contribution in [2.75, 3.05) is 0 Å². The first-order chi connectivity index (χ1) is 11.2. The third-order valence-electron chi connectivity index (χ3n) is 3.70. The first-order valence-electron chi connectivity index (χ1n) is 7.11. The van der Waals surface area contributed by atoms with Gasteiger partial charge in [-0.1, -0.05) is 12.1 Å². The molecule has 0 aliphatic heterocycles. The molecule has 2 aromatic heterocycles. The maximum atomic E-state index is 13.1. The Morgan fingerprint density at radius 1 is 0.739 bits per heavy atom. The third-order valence-corrected chi connectivity index (χ3v) is 3.70. The number of pyridine rings is 1. The van der Waals surface area contributed by atoms with Crippen LogP contribution in [0.2, 0.25) is 0 Å². The van der Waals surface area contributed by atoms with Crippen molar-refractivity contribution in [3.63, 3.8) is 0 Å². The smallest absolute Gasteiger partial charge is 0.161 e. The van der Waals surface area contributed by atoms with Gasteiger partial charge in [-0.25, -0.2) is 8.78 Å². The van der Waals surface area contributed by atoms with Crippen LogP contribution in [0.3, 0.4) is 0 Å². The number of hydrogen-bond acceptors (Lipinski definition) is 2. The molecule has 4 heteroatoms. The number of hydrogen-bond donors (Lipinski definition) is 0. The maximum absolute atomic E-state index is 13.1. The number of rotatable bonds is 2. The molecule has 0 saturated heterocycles. The first-order valence-corrected chi connectivity index (χ1v) is 7.11. The first kappa shape index (κ1) is 13.6. The highest BCUT2D eigenvalue weighted by Gasteiger charge is 2.12. The van der Waals surface area contributed by atoms with Crippen LogP contribution < -0.4 is 0 Å². The van der Waals surface area contributed by atoms with E-state index in [1.807, 2.05) is 12.1 Å². The molecule has 0 atom stereocenters. The van der Waals surface area contributed by atoms with Crippen LogP contribution in [0.5, 0.6) is 0 Å². The highest BCUT2D eigenvalue weighted by molar-refractivity contribution is 5.92. The maximum Gasteiger partial charge on any atom is 0.161 e. The number of benzene rings is 2. The van der Waals surface area contributed by atoms with Crippen molar-refractivity contribution in [1.82, 2.24) is 4.98 Å². The lowest BCUT2D eigenvalue weighted by Crippen LogP contribution is -1.81. The molecule has 0 aliphatic carbocycles. The lowest BCUT2D eigenvalue weighted by atomic mass is 10.1. The predicted molar refractivity (Wildman–Crippen MR) is 84.8 cm³/mol. The summed E-state index contributed by atoms with van der Waals surface area (Å²) in [6.45, 7) is 0. The van der Waals surface area contributed by atoms with Gasteiger partial charge < -0.3 is 4.42 Å². The molecule has 0 spiro atoms. The van der Waals surface area contributed by atoms with Crippen LogP contribution in [-0.4, -0.2) is 4.98 Å². The Bertz CT molecular complexity index is 973. The van der Waals surface area contributed by atoms with Crippen LogP contribution in [0.15, 0.2) is 71.3 Å². The molecule has 0 bridgehead atoms. The summed E-state index contributed by atoms with van der Waals surface area (Å²) in [5.41, 5.74) is 3.78. The Hall–Kier alpha value is -3.01. The van der Waals surface area contributed by atoms with Crippen molar-refractivity contribution in [2.45, 2.75) is 0 Å². The van der Waals surface area contributed by atoms with Crippen molar-refractivity contribution >= 4 is 11.1 Å². The Kier molecular flexibility index (Phi) is 3.15. The zero-order valence-corrected chi connectivity index (χ0v) is 12.0. The van der Waals surface area contributed by atoms with Crippen LogP contribution in [0, 0.1) is 11.6 Å². The Labute approximate surface area is 131 Å².